The fraction of sp³-hybridized carbons (Fsp3) is 0.235. The van der Waals surface area contributed by atoms with Gasteiger partial charge < -0.3 is 10.1 Å². The van der Waals surface area contributed by atoms with Gasteiger partial charge in [0.05, 0.1) is 12.7 Å². The number of thioether (sulfide) groups is 1. The van der Waals surface area contributed by atoms with Crippen molar-refractivity contribution in [1.82, 2.24) is 0 Å². The van der Waals surface area contributed by atoms with Gasteiger partial charge in [-0.2, -0.15) is 5.26 Å². The van der Waals surface area contributed by atoms with Crippen LogP contribution in [-0.2, 0) is 4.74 Å². The van der Waals surface area contributed by atoms with E-state index in [9.17, 15) is 14.9 Å². The number of nitrogens with one attached hydrogen (secondary N) is 1. The van der Waals surface area contributed by atoms with E-state index in [1.54, 1.807) is 30.8 Å². The predicted molar refractivity (Wildman–Crippen MR) is 95.9 cm³/mol. The summed E-state index contributed by atoms with van der Waals surface area (Å²) in [6.07, 6.45) is 0. The molecule has 0 aliphatic rings. The molecule has 0 radical (unpaired) electrons. The average Bonchev–Trinajstić information content (AvgIpc) is 2.90. The Hall–Kier alpha value is -2.30. The number of esters is 1. The van der Waals surface area contributed by atoms with Crippen LogP contribution in [0, 0.1) is 18.3 Å². The summed E-state index contributed by atoms with van der Waals surface area (Å²) in [6, 6.07) is 9.27. The maximum Gasteiger partial charge on any atom is 0.348 e. The van der Waals surface area contributed by atoms with Gasteiger partial charge in [-0.15, -0.1) is 23.1 Å². The van der Waals surface area contributed by atoms with Crippen molar-refractivity contribution in [2.45, 2.75) is 18.7 Å². The Morgan fingerprint density at radius 3 is 2.54 bits per heavy atom. The molecule has 1 aromatic heterocycles. The highest BCUT2D eigenvalue weighted by molar-refractivity contribution is 7.99. The topological polar surface area (TPSA) is 79.2 Å². The molecule has 1 heterocycles. The van der Waals surface area contributed by atoms with Crippen molar-refractivity contribution in [3.63, 3.8) is 0 Å². The molecule has 7 heteroatoms. The second-order valence-corrected chi connectivity index (χ2v) is 7.13. The van der Waals surface area contributed by atoms with Crippen LogP contribution < -0.4 is 5.32 Å². The van der Waals surface area contributed by atoms with Crippen LogP contribution in [0.15, 0.2) is 29.2 Å². The number of anilines is 1. The fourth-order valence-electron chi connectivity index (χ4n) is 2.07. The zero-order valence-corrected chi connectivity index (χ0v) is 15.1. The number of methoxy groups -OCH3 is 1. The SMILES string of the molecule is CCSc1ccc(C(=O)Nc2sc(C(=O)OC)c(C)c2C#N)cc1. The summed E-state index contributed by atoms with van der Waals surface area (Å²) in [6.45, 7) is 3.72. The molecule has 0 unspecified atom stereocenters. The Bertz CT molecular complexity index is 804. The smallest absolute Gasteiger partial charge is 0.348 e. The number of hydrogen-bond donors (Lipinski definition) is 1. The molecule has 0 bridgehead atoms. The molecule has 1 aromatic carbocycles. The number of hydrogen-bond acceptors (Lipinski definition) is 6. The van der Waals surface area contributed by atoms with E-state index >= 15 is 0 Å². The van der Waals surface area contributed by atoms with Crippen molar-refractivity contribution in [3.8, 4) is 6.07 Å². The molecular weight excluding hydrogens is 344 g/mol. The summed E-state index contributed by atoms with van der Waals surface area (Å²) in [5.41, 5.74) is 1.29. The Balaban J connectivity index is 2.25. The third kappa shape index (κ3) is 3.78. The lowest BCUT2D eigenvalue weighted by molar-refractivity contribution is 0.0605. The highest BCUT2D eigenvalue weighted by atomic mass is 32.2. The minimum atomic E-state index is -0.518. The molecule has 0 aliphatic carbocycles. The van der Waals surface area contributed by atoms with E-state index in [0.717, 1.165) is 22.0 Å². The van der Waals surface area contributed by atoms with Crippen molar-refractivity contribution >= 4 is 40.0 Å². The normalized spacial score (nSPS) is 10.1. The third-order valence-corrected chi connectivity index (χ3v) is 5.37. The summed E-state index contributed by atoms with van der Waals surface area (Å²) in [4.78, 5) is 25.5. The van der Waals surface area contributed by atoms with Gasteiger partial charge in [0.1, 0.15) is 15.9 Å². The molecule has 0 atom stereocenters. The van der Waals surface area contributed by atoms with Gasteiger partial charge >= 0.3 is 5.97 Å². The molecule has 124 valence electrons. The molecule has 2 rings (SSSR count). The maximum atomic E-state index is 12.4. The third-order valence-electron chi connectivity index (χ3n) is 3.28. The molecule has 5 nitrogen and oxygen atoms in total. The first kappa shape index (κ1) is 18.0. The zero-order chi connectivity index (χ0) is 17.7. The van der Waals surface area contributed by atoms with Crippen molar-refractivity contribution in [1.29, 1.82) is 5.26 Å². The molecule has 1 N–H and O–H groups in total. The molecular formula is C17H16N2O3S2. The summed E-state index contributed by atoms with van der Waals surface area (Å²) in [5, 5.41) is 12.4. The van der Waals surface area contributed by atoms with E-state index < -0.39 is 5.97 Å². The van der Waals surface area contributed by atoms with Crippen molar-refractivity contribution in [2.24, 2.45) is 0 Å². The van der Waals surface area contributed by atoms with Crippen molar-refractivity contribution < 1.29 is 14.3 Å². The lowest BCUT2D eigenvalue weighted by Gasteiger charge is -2.04. The van der Waals surface area contributed by atoms with Crippen LogP contribution in [0.25, 0.3) is 0 Å². The van der Waals surface area contributed by atoms with Gasteiger partial charge in [-0.05, 0) is 42.5 Å². The number of nitriles is 1. The number of thiophene rings is 1. The first-order valence-electron chi connectivity index (χ1n) is 7.17. The highest BCUT2D eigenvalue weighted by Crippen LogP contribution is 2.33. The Morgan fingerprint density at radius 2 is 2.00 bits per heavy atom. The standard InChI is InChI=1S/C17H16N2O3S2/c1-4-23-12-7-5-11(6-8-12)15(20)19-16-13(9-18)10(2)14(24-16)17(21)22-3/h5-8H,4H2,1-3H3,(H,19,20). The molecule has 2 aromatic rings. The molecule has 0 saturated heterocycles. The van der Waals surface area contributed by atoms with Gasteiger partial charge in [-0.3, -0.25) is 4.79 Å². The van der Waals surface area contributed by atoms with E-state index in [2.05, 4.69) is 12.2 Å². The molecule has 0 saturated carbocycles. The number of carbonyl (C=O) groups excluding carboxylic acids is 2. The van der Waals surface area contributed by atoms with Crippen LogP contribution in [0.3, 0.4) is 0 Å². The average molecular weight is 360 g/mol. The summed E-state index contributed by atoms with van der Waals surface area (Å²) in [5.74, 6) is 0.120. The minimum Gasteiger partial charge on any atom is -0.465 e. The van der Waals surface area contributed by atoms with E-state index in [4.69, 9.17) is 4.74 Å². The number of amides is 1. The first-order valence-corrected chi connectivity index (χ1v) is 8.98. The minimum absolute atomic E-state index is 0.284. The van der Waals surface area contributed by atoms with E-state index in [1.165, 1.54) is 7.11 Å². The van der Waals surface area contributed by atoms with Crippen LogP contribution in [0.1, 0.15) is 38.1 Å². The quantitative estimate of drug-likeness (QED) is 0.642. The highest BCUT2D eigenvalue weighted by Gasteiger charge is 2.22. The van der Waals surface area contributed by atoms with Gasteiger partial charge in [-0.25, -0.2) is 4.79 Å². The van der Waals surface area contributed by atoms with E-state index in [0.29, 0.717) is 21.0 Å². The van der Waals surface area contributed by atoms with Gasteiger partial charge in [0.25, 0.3) is 5.91 Å². The number of nitrogens with zero attached hydrogens (tertiary/aromatic N) is 1. The number of benzene rings is 1. The van der Waals surface area contributed by atoms with Crippen LogP contribution >= 0.6 is 23.1 Å². The Labute approximate surface area is 148 Å². The second kappa shape index (κ2) is 7.99. The second-order valence-electron chi connectivity index (χ2n) is 4.78. The molecule has 1 amide bonds. The molecule has 0 fully saturated rings. The van der Waals surface area contributed by atoms with Crippen molar-refractivity contribution in [2.75, 3.05) is 18.2 Å². The summed E-state index contributed by atoms with van der Waals surface area (Å²) < 4.78 is 4.70. The van der Waals surface area contributed by atoms with Gasteiger partial charge in [0.15, 0.2) is 0 Å². The lowest BCUT2D eigenvalue weighted by atomic mass is 10.1. The first-order chi connectivity index (χ1) is 11.5. The van der Waals surface area contributed by atoms with Crippen molar-refractivity contribution in [3.05, 3.63) is 45.8 Å². The van der Waals surface area contributed by atoms with Crippen LogP contribution in [0.5, 0.6) is 0 Å². The van der Waals surface area contributed by atoms with Gasteiger partial charge in [-0.1, -0.05) is 6.92 Å². The maximum absolute atomic E-state index is 12.4. The number of ether oxygens (including phenoxy) is 1. The monoisotopic (exact) mass is 360 g/mol. The summed E-state index contributed by atoms with van der Waals surface area (Å²) >= 11 is 2.74. The van der Waals surface area contributed by atoms with Gasteiger partial charge in [0, 0.05) is 10.5 Å². The number of carbonyl (C=O) groups is 2. The van der Waals surface area contributed by atoms with Crippen LogP contribution in [0.4, 0.5) is 5.00 Å². The predicted octanol–water partition coefficient (Wildman–Crippen LogP) is 4.08. The van der Waals surface area contributed by atoms with E-state index in [1.807, 2.05) is 18.2 Å². The molecule has 0 spiro atoms. The lowest BCUT2D eigenvalue weighted by Crippen LogP contribution is -2.11. The Morgan fingerprint density at radius 1 is 1.33 bits per heavy atom. The van der Waals surface area contributed by atoms with Crippen LogP contribution in [-0.4, -0.2) is 24.7 Å². The van der Waals surface area contributed by atoms with Crippen LogP contribution in [0.2, 0.25) is 0 Å². The molecule has 0 aliphatic heterocycles. The largest absolute Gasteiger partial charge is 0.465 e. The van der Waals surface area contributed by atoms with E-state index in [-0.39, 0.29) is 11.5 Å². The fourth-order valence-corrected chi connectivity index (χ4v) is 3.80. The van der Waals surface area contributed by atoms with Gasteiger partial charge in [0.2, 0.25) is 0 Å². The molecule has 24 heavy (non-hydrogen) atoms. The number of rotatable bonds is 5. The zero-order valence-electron chi connectivity index (χ0n) is 13.5. The Kier molecular flexibility index (Phi) is 6.01. The summed E-state index contributed by atoms with van der Waals surface area (Å²) in [7, 11) is 1.28.